The third kappa shape index (κ3) is 4.19. The van der Waals surface area contributed by atoms with Crippen molar-refractivity contribution in [2.75, 3.05) is 6.54 Å². The number of hydrogen-bond acceptors (Lipinski definition) is 2. The quantitative estimate of drug-likeness (QED) is 0.490. The van der Waals surface area contributed by atoms with Gasteiger partial charge in [0, 0.05) is 29.3 Å². The normalized spacial score (nSPS) is 11.3. The summed E-state index contributed by atoms with van der Waals surface area (Å²) in [5.74, 6) is -0.454. The second-order valence-electron chi connectivity index (χ2n) is 6.90. The summed E-state index contributed by atoms with van der Waals surface area (Å²) in [6.45, 7) is 5.84. The highest BCUT2D eigenvalue weighted by molar-refractivity contribution is 5.95. The molecule has 5 heteroatoms. The fourth-order valence-electron chi connectivity index (χ4n) is 3.33. The fraction of sp³-hybridized carbons (Fsp3) is 0.217. The van der Waals surface area contributed by atoms with Crippen molar-refractivity contribution < 1.29 is 14.0 Å². The number of halogens is 1. The van der Waals surface area contributed by atoms with E-state index in [1.54, 1.807) is 36.4 Å². The van der Waals surface area contributed by atoms with Gasteiger partial charge in [0.05, 0.1) is 5.52 Å². The average Bonchev–Trinajstić information content (AvgIpc) is 3.01. The van der Waals surface area contributed by atoms with Crippen molar-refractivity contribution in [1.82, 2.24) is 10.3 Å². The van der Waals surface area contributed by atoms with E-state index in [0.29, 0.717) is 24.0 Å². The zero-order valence-electron chi connectivity index (χ0n) is 16.2. The molecule has 28 heavy (non-hydrogen) atoms. The van der Waals surface area contributed by atoms with Gasteiger partial charge >= 0.3 is 0 Å². The molecule has 1 heterocycles. The van der Waals surface area contributed by atoms with Crippen LogP contribution in [0.15, 0.2) is 42.5 Å². The Hall–Kier alpha value is -3.21. The van der Waals surface area contributed by atoms with Gasteiger partial charge in [0.25, 0.3) is 0 Å². The molecule has 0 spiro atoms. The number of rotatable bonds is 6. The monoisotopic (exact) mass is 378 g/mol. The highest BCUT2D eigenvalue weighted by atomic mass is 19.1. The van der Waals surface area contributed by atoms with Crippen LogP contribution in [-0.2, 0) is 11.2 Å². The maximum atomic E-state index is 14.0. The van der Waals surface area contributed by atoms with Gasteiger partial charge in [-0.2, -0.15) is 0 Å². The Morgan fingerprint density at radius 2 is 1.82 bits per heavy atom. The number of carbonyl (C=O) groups excluding carboxylic acids is 2. The molecule has 0 fully saturated rings. The Bertz CT molecular complexity index is 1060. The van der Waals surface area contributed by atoms with E-state index in [1.807, 2.05) is 13.8 Å². The van der Waals surface area contributed by atoms with Crippen molar-refractivity contribution in [3.05, 3.63) is 76.2 Å². The van der Waals surface area contributed by atoms with Gasteiger partial charge in [-0.05, 0) is 56.0 Å². The average molecular weight is 378 g/mol. The van der Waals surface area contributed by atoms with Crippen molar-refractivity contribution in [2.45, 2.75) is 27.2 Å². The van der Waals surface area contributed by atoms with Crippen LogP contribution < -0.4 is 5.32 Å². The van der Waals surface area contributed by atoms with Crippen LogP contribution in [0.3, 0.4) is 0 Å². The molecule has 0 aliphatic heterocycles. The summed E-state index contributed by atoms with van der Waals surface area (Å²) in [6.07, 6.45) is 3.79. The number of hydrogen-bond donors (Lipinski definition) is 2. The lowest BCUT2D eigenvalue weighted by atomic mass is 10.0. The third-order valence-electron chi connectivity index (χ3n) is 4.85. The number of nitrogens with one attached hydrogen (secondary N) is 2. The Morgan fingerprint density at radius 3 is 2.50 bits per heavy atom. The van der Waals surface area contributed by atoms with Crippen molar-refractivity contribution in [2.24, 2.45) is 0 Å². The van der Waals surface area contributed by atoms with Crippen LogP contribution in [0, 0.1) is 19.7 Å². The third-order valence-corrected chi connectivity index (χ3v) is 4.85. The highest BCUT2D eigenvalue weighted by Gasteiger charge is 2.13. The molecular formula is C23H23FN2O2. The molecule has 0 radical (unpaired) electrons. The van der Waals surface area contributed by atoms with Gasteiger partial charge in [-0.15, -0.1) is 0 Å². The van der Waals surface area contributed by atoms with E-state index in [1.165, 1.54) is 19.1 Å². The molecule has 0 saturated carbocycles. The standard InChI is InChI=1S/C23H23FN2O2/c1-14-4-10-20(24)23-22(14)19(15(2)26-23)12-13-25-21(28)11-7-17-5-8-18(9-6-17)16(3)27/h4-11,26H,12-13H2,1-3H3,(H,25,28)/b11-7+. The van der Waals surface area contributed by atoms with Crippen LogP contribution in [0.4, 0.5) is 4.39 Å². The number of benzene rings is 2. The van der Waals surface area contributed by atoms with Crippen LogP contribution in [0.2, 0.25) is 0 Å². The highest BCUT2D eigenvalue weighted by Crippen LogP contribution is 2.27. The number of aryl methyl sites for hydroxylation is 2. The fourth-order valence-corrected chi connectivity index (χ4v) is 3.33. The van der Waals surface area contributed by atoms with Gasteiger partial charge < -0.3 is 10.3 Å². The predicted octanol–water partition coefficient (Wildman–Crippen LogP) is 4.50. The maximum absolute atomic E-state index is 14.0. The molecule has 0 atom stereocenters. The zero-order chi connectivity index (χ0) is 20.3. The molecule has 3 rings (SSSR count). The molecule has 2 aromatic carbocycles. The van der Waals surface area contributed by atoms with Crippen LogP contribution in [0.1, 0.15) is 39.7 Å². The van der Waals surface area contributed by atoms with E-state index < -0.39 is 0 Å². The molecule has 1 amide bonds. The summed E-state index contributed by atoms with van der Waals surface area (Å²) in [4.78, 5) is 26.5. The van der Waals surface area contributed by atoms with E-state index in [2.05, 4.69) is 10.3 Å². The van der Waals surface area contributed by atoms with Gasteiger partial charge in [-0.3, -0.25) is 9.59 Å². The first-order valence-corrected chi connectivity index (χ1v) is 9.20. The Labute approximate surface area is 163 Å². The topological polar surface area (TPSA) is 62.0 Å². The van der Waals surface area contributed by atoms with E-state index in [9.17, 15) is 14.0 Å². The maximum Gasteiger partial charge on any atom is 0.244 e. The SMILES string of the molecule is CC(=O)c1ccc(/C=C/C(=O)NCCc2c(C)[nH]c3c(F)ccc(C)c23)cc1. The van der Waals surface area contributed by atoms with Gasteiger partial charge in [0.15, 0.2) is 5.78 Å². The van der Waals surface area contributed by atoms with Crippen LogP contribution in [-0.4, -0.2) is 23.2 Å². The lowest BCUT2D eigenvalue weighted by molar-refractivity contribution is -0.116. The number of H-pyrrole nitrogens is 1. The lowest BCUT2D eigenvalue weighted by Gasteiger charge is -2.05. The largest absolute Gasteiger partial charge is 0.356 e. The minimum absolute atomic E-state index is 0.0102. The molecule has 3 aromatic rings. The van der Waals surface area contributed by atoms with E-state index in [0.717, 1.165) is 27.8 Å². The van der Waals surface area contributed by atoms with E-state index in [4.69, 9.17) is 0 Å². The van der Waals surface area contributed by atoms with Crippen LogP contribution in [0.25, 0.3) is 17.0 Å². The summed E-state index contributed by atoms with van der Waals surface area (Å²) in [5, 5.41) is 3.76. The first-order chi connectivity index (χ1) is 13.4. The zero-order valence-corrected chi connectivity index (χ0v) is 16.2. The number of amides is 1. The van der Waals surface area contributed by atoms with Crippen LogP contribution in [0.5, 0.6) is 0 Å². The van der Waals surface area contributed by atoms with Crippen molar-refractivity contribution in [1.29, 1.82) is 0 Å². The first kappa shape index (κ1) is 19.5. The van der Waals surface area contributed by atoms with Gasteiger partial charge in [-0.25, -0.2) is 4.39 Å². The summed E-state index contributed by atoms with van der Waals surface area (Å²) < 4.78 is 14.0. The molecule has 2 N–H and O–H groups in total. The van der Waals surface area contributed by atoms with Gasteiger partial charge in [-0.1, -0.05) is 30.3 Å². The van der Waals surface area contributed by atoms with Gasteiger partial charge in [0.2, 0.25) is 5.91 Å². The molecule has 0 aliphatic carbocycles. The van der Waals surface area contributed by atoms with Crippen molar-refractivity contribution >= 4 is 28.7 Å². The second kappa shape index (κ2) is 8.21. The van der Waals surface area contributed by atoms with Crippen LogP contribution >= 0.6 is 0 Å². The molecule has 0 aliphatic rings. The van der Waals surface area contributed by atoms with Gasteiger partial charge in [0.1, 0.15) is 5.82 Å². The summed E-state index contributed by atoms with van der Waals surface area (Å²) >= 11 is 0. The number of carbonyl (C=O) groups is 2. The Kier molecular flexibility index (Phi) is 5.73. The Morgan fingerprint density at radius 1 is 1.11 bits per heavy atom. The summed E-state index contributed by atoms with van der Waals surface area (Å²) in [6, 6.07) is 10.3. The minimum atomic E-state index is -0.266. The van der Waals surface area contributed by atoms with E-state index in [-0.39, 0.29) is 17.5 Å². The number of Topliss-reactive ketones (excluding diaryl/α,β-unsaturated/α-hetero) is 1. The predicted molar refractivity (Wildman–Crippen MR) is 110 cm³/mol. The molecule has 0 saturated heterocycles. The molecule has 1 aromatic heterocycles. The van der Waals surface area contributed by atoms with Crippen molar-refractivity contribution in [3.63, 3.8) is 0 Å². The number of aromatic amines is 1. The molecule has 0 unspecified atom stereocenters. The molecule has 144 valence electrons. The number of ketones is 1. The number of fused-ring (bicyclic) bond motifs is 1. The molecule has 4 nitrogen and oxygen atoms in total. The smallest absolute Gasteiger partial charge is 0.244 e. The molecular weight excluding hydrogens is 355 g/mol. The van der Waals surface area contributed by atoms with Crippen molar-refractivity contribution in [3.8, 4) is 0 Å². The summed E-state index contributed by atoms with van der Waals surface area (Å²) in [5.41, 5.74) is 4.96. The Balaban J connectivity index is 1.61. The minimum Gasteiger partial charge on any atom is -0.356 e. The summed E-state index contributed by atoms with van der Waals surface area (Å²) in [7, 11) is 0. The first-order valence-electron chi connectivity index (χ1n) is 9.20. The molecule has 0 bridgehead atoms. The van der Waals surface area contributed by atoms with E-state index >= 15 is 0 Å². The number of aromatic nitrogens is 1. The lowest BCUT2D eigenvalue weighted by Crippen LogP contribution is -2.23. The second-order valence-corrected chi connectivity index (χ2v) is 6.90.